The summed E-state index contributed by atoms with van der Waals surface area (Å²) in [5.41, 5.74) is 2.22. The molecule has 1 saturated heterocycles. The number of benzene rings is 1. The second kappa shape index (κ2) is 5.11. The fourth-order valence-electron chi connectivity index (χ4n) is 2.40. The molecule has 0 N–H and O–H groups in total. The minimum atomic E-state index is 0.257. The number of piperazine rings is 1. The van der Waals surface area contributed by atoms with E-state index in [1.807, 2.05) is 24.3 Å². The molecule has 0 unspecified atom stereocenters. The number of carbonyl (C=O) groups is 1. The fourth-order valence-corrected chi connectivity index (χ4v) is 2.40. The van der Waals surface area contributed by atoms with E-state index in [9.17, 15) is 4.79 Å². The quantitative estimate of drug-likeness (QED) is 0.749. The zero-order valence-electron chi connectivity index (χ0n) is 11.5. The van der Waals surface area contributed by atoms with Gasteiger partial charge in [0.15, 0.2) is 0 Å². The van der Waals surface area contributed by atoms with Gasteiger partial charge in [-0.25, -0.2) is 0 Å². The van der Waals surface area contributed by atoms with Crippen LogP contribution in [0.1, 0.15) is 31.1 Å². The minimum absolute atomic E-state index is 0.257. The van der Waals surface area contributed by atoms with Crippen LogP contribution in [-0.4, -0.2) is 42.9 Å². The molecule has 3 nitrogen and oxygen atoms in total. The van der Waals surface area contributed by atoms with E-state index < -0.39 is 0 Å². The molecule has 1 heterocycles. The topological polar surface area (TPSA) is 23.6 Å². The lowest BCUT2D eigenvalue weighted by molar-refractivity contribution is 0.112. The Balaban J connectivity index is 1.98. The van der Waals surface area contributed by atoms with Gasteiger partial charge in [-0.3, -0.25) is 9.69 Å². The lowest BCUT2D eigenvalue weighted by Crippen LogP contribution is -2.53. The first-order valence-corrected chi connectivity index (χ1v) is 6.56. The second-order valence-electron chi connectivity index (χ2n) is 5.85. The van der Waals surface area contributed by atoms with Gasteiger partial charge in [-0.1, -0.05) is 0 Å². The van der Waals surface area contributed by atoms with Crippen LogP contribution in [0.15, 0.2) is 24.3 Å². The number of anilines is 1. The molecular formula is C15H22N2O. The van der Waals surface area contributed by atoms with Crippen molar-refractivity contribution in [2.24, 2.45) is 0 Å². The summed E-state index contributed by atoms with van der Waals surface area (Å²) in [4.78, 5) is 15.5. The molecule has 98 valence electrons. The Morgan fingerprint density at radius 1 is 1.00 bits per heavy atom. The molecule has 18 heavy (non-hydrogen) atoms. The molecule has 1 aliphatic rings. The maximum atomic E-state index is 10.6. The van der Waals surface area contributed by atoms with E-state index in [0.29, 0.717) is 0 Å². The van der Waals surface area contributed by atoms with Crippen molar-refractivity contribution in [3.63, 3.8) is 0 Å². The van der Waals surface area contributed by atoms with E-state index in [-0.39, 0.29) is 5.54 Å². The van der Waals surface area contributed by atoms with Crippen molar-refractivity contribution in [3.05, 3.63) is 29.8 Å². The van der Waals surface area contributed by atoms with Gasteiger partial charge in [0.1, 0.15) is 6.29 Å². The first-order chi connectivity index (χ1) is 8.50. The third-order valence-corrected chi connectivity index (χ3v) is 3.62. The predicted molar refractivity (Wildman–Crippen MR) is 75.4 cm³/mol. The number of hydrogen-bond donors (Lipinski definition) is 0. The highest BCUT2D eigenvalue weighted by Crippen LogP contribution is 2.20. The summed E-state index contributed by atoms with van der Waals surface area (Å²) in [5.74, 6) is 0. The Bertz CT molecular complexity index is 397. The van der Waals surface area contributed by atoms with Crippen LogP contribution in [0, 0.1) is 0 Å². The number of rotatable bonds is 2. The average molecular weight is 246 g/mol. The van der Waals surface area contributed by atoms with Gasteiger partial charge in [0.2, 0.25) is 0 Å². The van der Waals surface area contributed by atoms with Crippen LogP contribution in [-0.2, 0) is 0 Å². The van der Waals surface area contributed by atoms with Gasteiger partial charge in [-0.15, -0.1) is 0 Å². The summed E-state index contributed by atoms with van der Waals surface area (Å²) < 4.78 is 0. The molecule has 1 aromatic carbocycles. The molecule has 0 aliphatic carbocycles. The number of nitrogens with zero attached hydrogens (tertiary/aromatic N) is 2. The zero-order chi connectivity index (χ0) is 13.2. The van der Waals surface area contributed by atoms with Crippen LogP contribution in [0.2, 0.25) is 0 Å². The van der Waals surface area contributed by atoms with E-state index in [1.54, 1.807) is 0 Å². The second-order valence-corrected chi connectivity index (χ2v) is 5.85. The SMILES string of the molecule is CC(C)(C)N1CCN(c2ccc(C=O)cc2)CC1. The van der Waals surface area contributed by atoms with Gasteiger partial charge >= 0.3 is 0 Å². The van der Waals surface area contributed by atoms with Crippen LogP contribution in [0.3, 0.4) is 0 Å². The third-order valence-electron chi connectivity index (χ3n) is 3.62. The molecule has 1 aliphatic heterocycles. The standard InChI is InChI=1S/C15H22N2O/c1-15(2,3)17-10-8-16(9-11-17)14-6-4-13(12-18)5-7-14/h4-7,12H,8-11H2,1-3H3. The summed E-state index contributed by atoms with van der Waals surface area (Å²) in [6.45, 7) is 11.1. The molecule has 2 rings (SSSR count). The molecule has 0 aromatic heterocycles. The lowest BCUT2D eigenvalue weighted by atomic mass is 10.0. The summed E-state index contributed by atoms with van der Waals surface area (Å²) >= 11 is 0. The van der Waals surface area contributed by atoms with E-state index in [4.69, 9.17) is 0 Å². The van der Waals surface area contributed by atoms with Crippen molar-refractivity contribution >= 4 is 12.0 Å². The van der Waals surface area contributed by atoms with Gasteiger partial charge in [0.25, 0.3) is 0 Å². The van der Waals surface area contributed by atoms with Crippen molar-refractivity contribution in [1.82, 2.24) is 4.90 Å². The largest absolute Gasteiger partial charge is 0.369 e. The number of carbonyl (C=O) groups excluding carboxylic acids is 1. The highest BCUT2D eigenvalue weighted by Gasteiger charge is 2.25. The maximum absolute atomic E-state index is 10.6. The van der Waals surface area contributed by atoms with Crippen molar-refractivity contribution in [2.45, 2.75) is 26.3 Å². The van der Waals surface area contributed by atoms with Crippen LogP contribution < -0.4 is 4.90 Å². The Morgan fingerprint density at radius 2 is 1.56 bits per heavy atom. The van der Waals surface area contributed by atoms with Crippen molar-refractivity contribution in [3.8, 4) is 0 Å². The Labute approximate surface area is 109 Å². The van der Waals surface area contributed by atoms with Crippen molar-refractivity contribution in [2.75, 3.05) is 31.1 Å². The first-order valence-electron chi connectivity index (χ1n) is 6.56. The average Bonchev–Trinajstić information content (AvgIpc) is 2.38. The lowest BCUT2D eigenvalue weighted by Gasteiger charge is -2.43. The summed E-state index contributed by atoms with van der Waals surface area (Å²) in [6, 6.07) is 7.85. The van der Waals surface area contributed by atoms with Gasteiger partial charge in [0.05, 0.1) is 0 Å². The molecule has 0 saturated carbocycles. The summed E-state index contributed by atoms with van der Waals surface area (Å²) in [7, 11) is 0. The monoisotopic (exact) mass is 246 g/mol. The molecule has 1 fully saturated rings. The number of aldehydes is 1. The molecular weight excluding hydrogens is 224 g/mol. The maximum Gasteiger partial charge on any atom is 0.150 e. The van der Waals surface area contributed by atoms with Crippen LogP contribution in [0.5, 0.6) is 0 Å². The molecule has 0 spiro atoms. The normalized spacial score (nSPS) is 17.8. The Hall–Kier alpha value is -1.35. The molecule has 0 atom stereocenters. The molecule has 0 amide bonds. The Morgan fingerprint density at radius 3 is 2.00 bits per heavy atom. The molecule has 3 heteroatoms. The fraction of sp³-hybridized carbons (Fsp3) is 0.533. The highest BCUT2D eigenvalue weighted by molar-refractivity contribution is 5.75. The number of hydrogen-bond acceptors (Lipinski definition) is 3. The van der Waals surface area contributed by atoms with E-state index >= 15 is 0 Å². The van der Waals surface area contributed by atoms with Crippen LogP contribution >= 0.6 is 0 Å². The molecule has 1 aromatic rings. The Kier molecular flexibility index (Phi) is 3.71. The van der Waals surface area contributed by atoms with Gasteiger partial charge in [0, 0.05) is 43.0 Å². The van der Waals surface area contributed by atoms with E-state index in [1.165, 1.54) is 5.69 Å². The van der Waals surface area contributed by atoms with Crippen molar-refractivity contribution < 1.29 is 4.79 Å². The van der Waals surface area contributed by atoms with Gasteiger partial charge in [-0.05, 0) is 45.0 Å². The smallest absolute Gasteiger partial charge is 0.150 e. The molecule has 0 radical (unpaired) electrons. The predicted octanol–water partition coefficient (Wildman–Crippen LogP) is 2.42. The van der Waals surface area contributed by atoms with E-state index in [2.05, 4.69) is 30.6 Å². The van der Waals surface area contributed by atoms with Crippen LogP contribution in [0.4, 0.5) is 5.69 Å². The summed E-state index contributed by atoms with van der Waals surface area (Å²) in [5, 5.41) is 0. The van der Waals surface area contributed by atoms with Crippen LogP contribution in [0.25, 0.3) is 0 Å². The first kappa shape index (κ1) is 13.1. The third kappa shape index (κ3) is 2.91. The minimum Gasteiger partial charge on any atom is -0.369 e. The van der Waals surface area contributed by atoms with Gasteiger partial charge in [-0.2, -0.15) is 0 Å². The highest BCUT2D eigenvalue weighted by atomic mass is 16.1. The summed E-state index contributed by atoms with van der Waals surface area (Å²) in [6.07, 6.45) is 0.890. The van der Waals surface area contributed by atoms with Crippen molar-refractivity contribution in [1.29, 1.82) is 0 Å². The molecule has 0 bridgehead atoms. The van der Waals surface area contributed by atoms with Gasteiger partial charge < -0.3 is 4.90 Å². The van der Waals surface area contributed by atoms with E-state index in [0.717, 1.165) is 38.0 Å². The zero-order valence-corrected chi connectivity index (χ0v) is 11.5.